The van der Waals surface area contributed by atoms with Crippen LogP contribution in [-0.2, 0) is 6.54 Å². The van der Waals surface area contributed by atoms with Crippen molar-refractivity contribution < 1.29 is 21.5 Å². The van der Waals surface area contributed by atoms with Gasteiger partial charge in [0, 0.05) is 29.7 Å². The number of thiazole rings is 1. The van der Waals surface area contributed by atoms with Gasteiger partial charge in [0.2, 0.25) is 5.13 Å². The van der Waals surface area contributed by atoms with Gasteiger partial charge in [-0.05, 0) is 38.1 Å². The van der Waals surface area contributed by atoms with E-state index in [4.69, 9.17) is 0 Å². The first-order valence-corrected chi connectivity index (χ1v) is 9.25. The molecule has 0 saturated carbocycles. The molecule has 2 aromatic heterocycles. The predicted octanol–water partition coefficient (Wildman–Crippen LogP) is 1.68. The molecule has 0 fully saturated rings. The van der Waals surface area contributed by atoms with E-state index < -0.39 is 0 Å². The van der Waals surface area contributed by atoms with E-state index in [0.29, 0.717) is 5.13 Å². The third-order valence-corrected chi connectivity index (χ3v) is 4.70. The Morgan fingerprint density at radius 1 is 1.08 bits per heavy atom. The minimum Gasteiger partial charge on any atom is -1.00 e. The van der Waals surface area contributed by atoms with E-state index >= 15 is 0 Å². The highest BCUT2D eigenvalue weighted by Crippen LogP contribution is 2.24. The van der Waals surface area contributed by atoms with Gasteiger partial charge in [-0.1, -0.05) is 6.07 Å². The molecule has 0 aliphatic carbocycles. The van der Waals surface area contributed by atoms with Crippen LogP contribution in [0.1, 0.15) is 12.6 Å². The summed E-state index contributed by atoms with van der Waals surface area (Å²) in [4.78, 5) is 6.64. The molecule has 7 heteroatoms. The minimum atomic E-state index is 0. The maximum absolute atomic E-state index is 4.29. The number of benzene rings is 1. The summed E-state index contributed by atoms with van der Waals surface area (Å²) in [6.45, 7) is 7.02. The molecule has 1 aromatic carbocycles. The number of halogens is 1. The second-order valence-electron chi connectivity index (χ2n) is 5.68. The number of hydrogen-bond acceptors (Lipinski definition) is 5. The molecule has 3 aromatic rings. The molecule has 0 saturated heterocycles. The Labute approximate surface area is 168 Å². The highest BCUT2D eigenvalue weighted by atomic mass is 79.9. The number of aromatic nitrogens is 2. The van der Waals surface area contributed by atoms with Gasteiger partial charge in [-0.25, -0.2) is 9.55 Å². The van der Waals surface area contributed by atoms with Crippen LogP contribution in [0.3, 0.4) is 0 Å². The standard InChI is InChI=1S/C19H22N5S.BrH/c1-3-24(14-13-23-11-5-4-6-12-23)18-9-7-17(8-10-18)21-22-19-20-16(2)15-25-19;/h4-12,15H,3,13-14H2,1-2H3;1H/q+1;/p-1/b22-21+;. The summed E-state index contributed by atoms with van der Waals surface area (Å²) < 4.78 is 2.20. The van der Waals surface area contributed by atoms with Crippen LogP contribution in [0.2, 0.25) is 0 Å². The molecular weight excluding hydrogens is 410 g/mol. The Hall–Kier alpha value is -2.12. The molecule has 0 unspecified atom stereocenters. The number of aryl methyl sites for hydroxylation is 1. The summed E-state index contributed by atoms with van der Waals surface area (Å²) in [5.74, 6) is 0. The molecule has 0 amide bonds. The summed E-state index contributed by atoms with van der Waals surface area (Å²) in [7, 11) is 0. The van der Waals surface area contributed by atoms with E-state index in [1.165, 1.54) is 17.0 Å². The smallest absolute Gasteiger partial charge is 0.230 e. The second-order valence-corrected chi connectivity index (χ2v) is 6.52. The predicted molar refractivity (Wildman–Crippen MR) is 102 cm³/mol. The maximum Gasteiger partial charge on any atom is 0.230 e. The third kappa shape index (κ3) is 5.71. The molecule has 0 N–H and O–H groups in total. The maximum atomic E-state index is 4.29. The molecule has 0 radical (unpaired) electrons. The highest BCUT2D eigenvalue weighted by Gasteiger charge is 2.07. The zero-order valence-corrected chi connectivity index (χ0v) is 17.3. The Balaban J connectivity index is 0.00000243. The minimum absolute atomic E-state index is 0. The number of rotatable bonds is 7. The Morgan fingerprint density at radius 2 is 1.81 bits per heavy atom. The zero-order chi connectivity index (χ0) is 17.5. The lowest BCUT2D eigenvalue weighted by atomic mass is 10.2. The molecule has 136 valence electrons. The van der Waals surface area contributed by atoms with Crippen molar-refractivity contribution in [2.24, 2.45) is 10.2 Å². The first-order chi connectivity index (χ1) is 12.2. The largest absolute Gasteiger partial charge is 1.00 e. The van der Waals surface area contributed by atoms with Crippen molar-refractivity contribution in [2.45, 2.75) is 20.4 Å². The van der Waals surface area contributed by atoms with Crippen LogP contribution in [0.25, 0.3) is 0 Å². The van der Waals surface area contributed by atoms with Crippen LogP contribution in [0.15, 0.2) is 70.5 Å². The lowest BCUT2D eigenvalue weighted by Gasteiger charge is -2.21. The quantitative estimate of drug-likeness (QED) is 0.421. The first-order valence-electron chi connectivity index (χ1n) is 8.37. The SMILES string of the molecule is CCN(CC[n+]1ccccc1)c1ccc(/N=N/c2nc(C)cs2)cc1.[Br-]. The third-order valence-electron chi connectivity index (χ3n) is 3.86. The van der Waals surface area contributed by atoms with Crippen LogP contribution in [0.5, 0.6) is 0 Å². The number of nitrogens with zero attached hydrogens (tertiary/aromatic N) is 5. The van der Waals surface area contributed by atoms with E-state index in [-0.39, 0.29) is 17.0 Å². The Bertz CT molecular complexity index is 817. The van der Waals surface area contributed by atoms with E-state index in [2.05, 4.69) is 68.3 Å². The zero-order valence-electron chi connectivity index (χ0n) is 14.9. The average Bonchev–Trinajstić information content (AvgIpc) is 3.08. The van der Waals surface area contributed by atoms with Crippen LogP contribution >= 0.6 is 11.3 Å². The molecule has 0 aliphatic rings. The number of azo groups is 1. The van der Waals surface area contributed by atoms with Crippen LogP contribution < -0.4 is 26.4 Å². The fraction of sp³-hybridized carbons (Fsp3) is 0.263. The number of anilines is 1. The molecule has 0 bridgehead atoms. The molecule has 0 spiro atoms. The second kappa shape index (κ2) is 10.1. The number of hydrogen-bond donors (Lipinski definition) is 0. The van der Waals surface area contributed by atoms with Gasteiger partial charge in [-0.15, -0.1) is 21.6 Å². The Kier molecular flexibility index (Phi) is 7.87. The van der Waals surface area contributed by atoms with Crippen molar-refractivity contribution in [3.63, 3.8) is 0 Å². The molecule has 3 rings (SSSR count). The van der Waals surface area contributed by atoms with Crippen molar-refractivity contribution in [1.29, 1.82) is 0 Å². The summed E-state index contributed by atoms with van der Waals surface area (Å²) >= 11 is 1.50. The van der Waals surface area contributed by atoms with Gasteiger partial charge in [0.1, 0.15) is 0 Å². The van der Waals surface area contributed by atoms with E-state index in [1.807, 2.05) is 30.5 Å². The topological polar surface area (TPSA) is 44.7 Å². The van der Waals surface area contributed by atoms with Crippen molar-refractivity contribution in [2.75, 3.05) is 18.0 Å². The summed E-state index contributed by atoms with van der Waals surface area (Å²) in [6.07, 6.45) is 4.19. The van der Waals surface area contributed by atoms with Crippen molar-refractivity contribution in [3.05, 3.63) is 65.9 Å². The van der Waals surface area contributed by atoms with Gasteiger partial charge in [0.25, 0.3) is 0 Å². The summed E-state index contributed by atoms with van der Waals surface area (Å²) in [5, 5.41) is 11.1. The molecule has 2 heterocycles. The molecule has 5 nitrogen and oxygen atoms in total. The average molecular weight is 432 g/mol. The van der Waals surface area contributed by atoms with Gasteiger partial charge >= 0.3 is 0 Å². The molecule has 26 heavy (non-hydrogen) atoms. The van der Waals surface area contributed by atoms with E-state index in [1.54, 1.807) is 0 Å². The summed E-state index contributed by atoms with van der Waals surface area (Å²) in [5.41, 5.74) is 3.01. The van der Waals surface area contributed by atoms with Crippen molar-refractivity contribution >= 4 is 27.8 Å². The molecule has 0 atom stereocenters. The van der Waals surface area contributed by atoms with Gasteiger partial charge in [-0.2, -0.15) is 0 Å². The van der Waals surface area contributed by atoms with E-state index in [0.717, 1.165) is 31.0 Å². The van der Waals surface area contributed by atoms with Crippen LogP contribution in [0, 0.1) is 6.92 Å². The van der Waals surface area contributed by atoms with Crippen molar-refractivity contribution in [1.82, 2.24) is 4.98 Å². The van der Waals surface area contributed by atoms with Gasteiger partial charge in [0.15, 0.2) is 18.9 Å². The van der Waals surface area contributed by atoms with Crippen molar-refractivity contribution in [3.8, 4) is 0 Å². The van der Waals surface area contributed by atoms with Gasteiger partial charge in [0.05, 0.1) is 17.9 Å². The molecule has 0 aliphatic heterocycles. The van der Waals surface area contributed by atoms with Gasteiger partial charge in [-0.3, -0.25) is 0 Å². The van der Waals surface area contributed by atoms with E-state index in [9.17, 15) is 0 Å². The lowest BCUT2D eigenvalue weighted by Crippen LogP contribution is -3.00. The van der Waals surface area contributed by atoms with Crippen LogP contribution in [0.4, 0.5) is 16.5 Å². The Morgan fingerprint density at radius 3 is 2.42 bits per heavy atom. The lowest BCUT2D eigenvalue weighted by molar-refractivity contribution is -0.694. The summed E-state index contributed by atoms with van der Waals surface area (Å²) in [6, 6.07) is 14.3. The number of likely N-dealkylation sites (N-methyl/N-ethyl adjacent to an activating group) is 1. The number of pyridine rings is 1. The molecular formula is C19H22BrN5S. The first kappa shape index (κ1) is 20.2. The monoisotopic (exact) mass is 431 g/mol. The van der Waals surface area contributed by atoms with Gasteiger partial charge < -0.3 is 21.9 Å². The highest BCUT2D eigenvalue weighted by molar-refractivity contribution is 7.13. The fourth-order valence-electron chi connectivity index (χ4n) is 2.51. The van der Waals surface area contributed by atoms with Crippen LogP contribution in [-0.4, -0.2) is 18.1 Å². The fourth-order valence-corrected chi connectivity index (χ4v) is 3.12. The normalized spacial score (nSPS) is 10.7.